The van der Waals surface area contributed by atoms with E-state index in [1.807, 2.05) is 13.8 Å². The molecular weight excluding hydrogens is 785 g/mol. The van der Waals surface area contributed by atoms with E-state index in [1.54, 1.807) is 38.1 Å². The zero-order valence-electron chi connectivity index (χ0n) is 35.0. The third-order valence-corrected chi connectivity index (χ3v) is 11.9. The van der Waals surface area contributed by atoms with Gasteiger partial charge in [0.25, 0.3) is 0 Å². The summed E-state index contributed by atoms with van der Waals surface area (Å²) >= 11 is 0. The minimum atomic E-state index is -4.61. The first-order valence-corrected chi connectivity index (χ1v) is 20.2. The van der Waals surface area contributed by atoms with Crippen molar-refractivity contribution in [3.63, 3.8) is 0 Å². The minimum absolute atomic E-state index is 0.0586. The monoisotopic (exact) mass is 838 g/mol. The molecule has 5 rings (SSSR count). The maximum absolute atomic E-state index is 15.0. The highest BCUT2D eigenvalue weighted by Gasteiger charge is 2.48. The predicted octanol–water partition coefficient (Wildman–Crippen LogP) is 7.55. The fourth-order valence-electron chi connectivity index (χ4n) is 8.00. The summed E-state index contributed by atoms with van der Waals surface area (Å²) in [6.07, 6.45) is -3.42. The summed E-state index contributed by atoms with van der Waals surface area (Å²) in [4.78, 5) is 57.2. The predicted molar refractivity (Wildman–Crippen MR) is 219 cm³/mol. The Morgan fingerprint density at radius 2 is 1.43 bits per heavy atom. The number of alkyl halides is 3. The number of nitrogens with one attached hydrogen (secondary N) is 4. The molecule has 0 saturated heterocycles. The molecule has 60 heavy (non-hydrogen) atoms. The van der Waals surface area contributed by atoms with E-state index < -0.39 is 70.6 Å². The molecule has 15 heteroatoms. The first-order chi connectivity index (χ1) is 28.5. The average Bonchev–Trinajstić information content (AvgIpc) is 3.23. The number of benzene rings is 3. The molecule has 0 radical (unpaired) electrons. The van der Waals surface area contributed by atoms with Crippen LogP contribution in [0.3, 0.4) is 0 Å². The van der Waals surface area contributed by atoms with E-state index in [1.165, 1.54) is 45.6 Å². The number of amides is 4. The molecule has 0 fully saturated rings. The molecule has 4 N–H and O–H groups in total. The van der Waals surface area contributed by atoms with Crippen LogP contribution in [0.1, 0.15) is 88.5 Å². The Bertz CT molecular complexity index is 2100. The SMILES string of the molecule is CCC(C)[C@H](NC(=O)Cc1ccccc1F)C(=O)N[C@]1(C(=O)N[C@H](C(=O)Nc2c(OC)cc(OC)cc2OC)C(C)CC)CCC2=C(C1)c1cccc(C(F)(F)F)c1CC2. The number of fused-ring (bicyclic) bond motifs is 2. The molecule has 0 spiro atoms. The van der Waals surface area contributed by atoms with Gasteiger partial charge in [0.2, 0.25) is 23.6 Å². The zero-order valence-corrected chi connectivity index (χ0v) is 35.0. The van der Waals surface area contributed by atoms with Crippen LogP contribution in [0.15, 0.2) is 60.2 Å². The molecule has 0 heterocycles. The average molecular weight is 839 g/mol. The number of hydrogen-bond acceptors (Lipinski definition) is 7. The number of hydrogen-bond donors (Lipinski definition) is 4. The van der Waals surface area contributed by atoms with Gasteiger partial charge in [-0.15, -0.1) is 0 Å². The lowest BCUT2D eigenvalue weighted by Crippen LogP contribution is -2.66. The van der Waals surface area contributed by atoms with Crippen LogP contribution >= 0.6 is 0 Å². The summed E-state index contributed by atoms with van der Waals surface area (Å²) in [6.45, 7) is 7.20. The summed E-state index contributed by atoms with van der Waals surface area (Å²) in [5.74, 6) is -3.29. The Morgan fingerprint density at radius 1 is 0.800 bits per heavy atom. The molecule has 11 nitrogen and oxygen atoms in total. The van der Waals surface area contributed by atoms with Gasteiger partial charge in [-0.05, 0) is 71.9 Å². The summed E-state index contributed by atoms with van der Waals surface area (Å²) < 4.78 is 73.7. The quantitative estimate of drug-likeness (QED) is 0.109. The molecule has 0 aliphatic heterocycles. The Labute approximate surface area is 348 Å². The van der Waals surface area contributed by atoms with E-state index in [-0.39, 0.29) is 60.4 Å². The second kappa shape index (κ2) is 19.2. The van der Waals surface area contributed by atoms with Gasteiger partial charge in [0.15, 0.2) is 0 Å². The van der Waals surface area contributed by atoms with Crippen LogP contribution in [0.25, 0.3) is 5.57 Å². The fourth-order valence-corrected chi connectivity index (χ4v) is 8.00. The maximum Gasteiger partial charge on any atom is 0.416 e. The number of ether oxygens (including phenoxy) is 3. The van der Waals surface area contributed by atoms with Gasteiger partial charge in [-0.3, -0.25) is 19.2 Å². The lowest BCUT2D eigenvalue weighted by Gasteiger charge is -2.42. The van der Waals surface area contributed by atoms with Crippen molar-refractivity contribution in [1.82, 2.24) is 16.0 Å². The molecule has 2 aliphatic carbocycles. The van der Waals surface area contributed by atoms with Crippen LogP contribution in [0.4, 0.5) is 23.2 Å². The van der Waals surface area contributed by atoms with Gasteiger partial charge >= 0.3 is 6.18 Å². The van der Waals surface area contributed by atoms with E-state index in [0.29, 0.717) is 36.1 Å². The van der Waals surface area contributed by atoms with Gasteiger partial charge in [0.05, 0.1) is 33.3 Å². The van der Waals surface area contributed by atoms with Gasteiger partial charge in [-0.1, -0.05) is 76.4 Å². The van der Waals surface area contributed by atoms with Crippen molar-refractivity contribution in [2.75, 3.05) is 26.6 Å². The van der Waals surface area contributed by atoms with Crippen molar-refractivity contribution in [1.29, 1.82) is 0 Å². The summed E-state index contributed by atoms with van der Waals surface area (Å²) in [5, 5.41) is 11.5. The summed E-state index contributed by atoms with van der Waals surface area (Å²) in [7, 11) is 4.28. The van der Waals surface area contributed by atoms with Gasteiger partial charge in [0, 0.05) is 18.6 Å². The van der Waals surface area contributed by atoms with Crippen molar-refractivity contribution in [3.8, 4) is 17.2 Å². The second-order valence-corrected chi connectivity index (χ2v) is 15.6. The van der Waals surface area contributed by atoms with Crippen molar-refractivity contribution >= 4 is 34.9 Å². The molecule has 3 aromatic rings. The Morgan fingerprint density at radius 3 is 2.02 bits per heavy atom. The molecule has 0 aromatic heterocycles. The number of rotatable bonds is 16. The largest absolute Gasteiger partial charge is 0.496 e. The van der Waals surface area contributed by atoms with Gasteiger partial charge in [-0.2, -0.15) is 13.2 Å². The minimum Gasteiger partial charge on any atom is -0.496 e. The van der Waals surface area contributed by atoms with Crippen LogP contribution in [-0.4, -0.2) is 62.6 Å². The van der Waals surface area contributed by atoms with Crippen LogP contribution in [0.5, 0.6) is 17.2 Å². The fraction of sp³-hybridized carbons (Fsp3) is 0.467. The number of allylic oxidation sites excluding steroid dienone is 1. The molecule has 4 amide bonds. The first kappa shape index (κ1) is 45.5. The highest BCUT2D eigenvalue weighted by Crippen LogP contribution is 2.47. The highest BCUT2D eigenvalue weighted by molar-refractivity contribution is 6.03. The topological polar surface area (TPSA) is 144 Å². The molecule has 2 unspecified atom stereocenters. The lowest BCUT2D eigenvalue weighted by atomic mass is 9.70. The molecule has 0 bridgehead atoms. The number of halogens is 4. The third kappa shape index (κ3) is 9.88. The summed E-state index contributed by atoms with van der Waals surface area (Å²) in [5.41, 5.74) is -0.353. The van der Waals surface area contributed by atoms with Crippen molar-refractivity contribution < 1.29 is 51.0 Å². The smallest absolute Gasteiger partial charge is 0.416 e. The number of carbonyl (C=O) groups is 4. The van der Waals surface area contributed by atoms with E-state index >= 15 is 4.79 Å². The van der Waals surface area contributed by atoms with Crippen LogP contribution in [0, 0.1) is 17.7 Å². The van der Waals surface area contributed by atoms with Crippen LogP contribution < -0.4 is 35.5 Å². The molecule has 3 aromatic carbocycles. The molecular formula is C45H54F4N4O7. The number of carbonyl (C=O) groups excluding carboxylic acids is 4. The van der Waals surface area contributed by atoms with Gasteiger partial charge in [0.1, 0.15) is 46.4 Å². The van der Waals surface area contributed by atoms with E-state index in [4.69, 9.17) is 14.2 Å². The van der Waals surface area contributed by atoms with E-state index in [9.17, 15) is 31.9 Å². The summed E-state index contributed by atoms with van der Waals surface area (Å²) in [6, 6.07) is 10.5. The van der Waals surface area contributed by atoms with E-state index in [2.05, 4.69) is 21.3 Å². The molecule has 0 saturated carbocycles. The zero-order chi connectivity index (χ0) is 43.9. The Kier molecular flexibility index (Phi) is 14.6. The number of methoxy groups -OCH3 is 3. The van der Waals surface area contributed by atoms with E-state index in [0.717, 1.165) is 11.6 Å². The third-order valence-electron chi connectivity index (χ3n) is 11.9. The van der Waals surface area contributed by atoms with Crippen molar-refractivity contribution in [2.24, 2.45) is 11.8 Å². The van der Waals surface area contributed by atoms with Gasteiger partial charge in [-0.25, -0.2) is 4.39 Å². The Hall–Kier alpha value is -5.60. The molecule has 324 valence electrons. The number of anilines is 1. The Balaban J connectivity index is 1.54. The first-order valence-electron chi connectivity index (χ1n) is 20.2. The van der Waals surface area contributed by atoms with Crippen molar-refractivity contribution in [2.45, 2.75) is 103 Å². The maximum atomic E-state index is 15.0. The molecule has 2 aliphatic rings. The van der Waals surface area contributed by atoms with Gasteiger partial charge < -0.3 is 35.5 Å². The molecule has 5 atom stereocenters. The highest BCUT2D eigenvalue weighted by atomic mass is 19.4. The second-order valence-electron chi connectivity index (χ2n) is 15.6. The van der Waals surface area contributed by atoms with Crippen molar-refractivity contribution in [3.05, 3.63) is 88.2 Å². The van der Waals surface area contributed by atoms with Crippen LogP contribution in [-0.2, 0) is 38.2 Å². The van der Waals surface area contributed by atoms with Crippen LogP contribution in [0.2, 0.25) is 0 Å². The standard InChI is InChI=1S/C45H54F4N4O7/c1-8-25(3)38(41(55)51-40-35(59-6)22-29(58-5)23-36(40)60-7)52-43(57)44(20-19-27-17-18-31-30(32(27)24-44)14-12-15-33(31)45(47,48)49)53-42(56)39(26(4)9-2)50-37(54)21-28-13-10-11-16-34(28)46/h10-16,22-23,25-26,38-39H,8-9,17-21,24H2,1-7H3,(H,50,54)(H,51,55)(H,52,57)(H,53,56)/t25?,26?,38-,39-,44+/m0/s1. The lowest BCUT2D eigenvalue weighted by molar-refractivity contribution is -0.138. The normalized spacial score (nSPS) is 18.1.